The van der Waals surface area contributed by atoms with Gasteiger partial charge in [-0.3, -0.25) is 0 Å². The zero-order valence-corrected chi connectivity index (χ0v) is 19.0. The Morgan fingerprint density at radius 3 is 2.66 bits per heavy atom. The summed E-state index contributed by atoms with van der Waals surface area (Å²) in [7, 11) is 1.50. The highest BCUT2D eigenvalue weighted by Crippen LogP contribution is 2.25. The normalized spacial score (nSPS) is 11.8. The van der Waals surface area contributed by atoms with Gasteiger partial charge in [0.2, 0.25) is 0 Å². The number of benzene rings is 2. The van der Waals surface area contributed by atoms with Crippen LogP contribution in [0.4, 0.5) is 0 Å². The second-order valence-corrected chi connectivity index (χ2v) is 7.54. The number of nitrogens with zero attached hydrogens (tertiary/aromatic N) is 4. The third-order valence-electron chi connectivity index (χ3n) is 5.07. The first-order valence-electron chi connectivity index (χ1n) is 10.4. The van der Waals surface area contributed by atoms with Crippen LogP contribution in [0.25, 0.3) is 11.1 Å². The second-order valence-electron chi connectivity index (χ2n) is 7.18. The van der Waals surface area contributed by atoms with Gasteiger partial charge in [0.25, 0.3) is 0 Å². The second kappa shape index (κ2) is 11.3. The Labute approximate surface area is 192 Å². The van der Waals surface area contributed by atoms with E-state index >= 15 is 0 Å². The van der Waals surface area contributed by atoms with E-state index in [0.29, 0.717) is 17.5 Å². The van der Waals surface area contributed by atoms with Crippen molar-refractivity contribution < 1.29 is 4.84 Å². The van der Waals surface area contributed by atoms with Crippen molar-refractivity contribution in [3.05, 3.63) is 76.3 Å². The van der Waals surface area contributed by atoms with Crippen molar-refractivity contribution in [2.24, 2.45) is 21.8 Å². The molecule has 1 heterocycles. The van der Waals surface area contributed by atoms with Crippen LogP contribution in [0.15, 0.2) is 58.8 Å². The number of aryl methyl sites for hydroxylation is 1. The average Bonchev–Trinajstić information content (AvgIpc) is 3.10. The number of imidazole rings is 1. The number of amidine groups is 1. The Balaban J connectivity index is 1.92. The molecule has 0 aliphatic carbocycles. The summed E-state index contributed by atoms with van der Waals surface area (Å²) < 4.78 is 2.08. The van der Waals surface area contributed by atoms with Crippen molar-refractivity contribution in [2.75, 3.05) is 7.11 Å². The van der Waals surface area contributed by atoms with Crippen LogP contribution in [0.2, 0.25) is 5.15 Å². The van der Waals surface area contributed by atoms with Crippen molar-refractivity contribution >= 4 is 23.7 Å². The van der Waals surface area contributed by atoms with E-state index in [1.165, 1.54) is 7.11 Å². The molecule has 0 unspecified atom stereocenters. The maximum Gasteiger partial charge on any atom is 0.156 e. The number of hydrogen-bond donors (Lipinski definition) is 3. The largest absolute Gasteiger partial charge is 0.399 e. The molecule has 0 aliphatic rings. The molecule has 3 rings (SSSR count). The number of halogens is 1. The molecule has 0 saturated carbocycles. The van der Waals surface area contributed by atoms with Gasteiger partial charge in [-0.2, -0.15) is 0 Å². The molecule has 0 spiro atoms. The van der Waals surface area contributed by atoms with Gasteiger partial charge >= 0.3 is 0 Å². The number of nitrogens with two attached hydrogens (primary N) is 2. The molecule has 3 aromatic rings. The summed E-state index contributed by atoms with van der Waals surface area (Å²) in [5.41, 5.74) is 12.9. The molecule has 8 nitrogen and oxygen atoms in total. The number of hydrazone groups is 1. The molecule has 5 N–H and O–H groups in total. The van der Waals surface area contributed by atoms with Crippen molar-refractivity contribution in [1.82, 2.24) is 15.1 Å². The van der Waals surface area contributed by atoms with E-state index in [4.69, 9.17) is 28.0 Å². The zero-order valence-electron chi connectivity index (χ0n) is 18.3. The summed E-state index contributed by atoms with van der Waals surface area (Å²) in [5, 5.41) is 8.21. The Bertz CT molecular complexity index is 1090. The summed E-state index contributed by atoms with van der Waals surface area (Å²) in [6.45, 7) is 2.77. The van der Waals surface area contributed by atoms with Crippen LogP contribution in [0.3, 0.4) is 0 Å². The molecule has 0 radical (unpaired) electrons. The van der Waals surface area contributed by atoms with Crippen LogP contribution in [-0.2, 0) is 17.8 Å². The van der Waals surface area contributed by atoms with E-state index in [1.807, 2.05) is 24.3 Å². The molecule has 9 heteroatoms. The van der Waals surface area contributed by atoms with E-state index in [1.54, 1.807) is 6.21 Å². The minimum Gasteiger partial charge on any atom is -0.399 e. The van der Waals surface area contributed by atoms with Crippen LogP contribution in [0.1, 0.15) is 42.4 Å². The Morgan fingerprint density at radius 2 is 1.97 bits per heavy atom. The summed E-state index contributed by atoms with van der Waals surface area (Å²) in [6.07, 6.45) is 4.55. The topological polar surface area (TPSA) is 116 Å². The molecule has 0 atom stereocenters. The van der Waals surface area contributed by atoms with Crippen molar-refractivity contribution in [1.29, 1.82) is 0 Å². The molecule has 1 aromatic heterocycles. The number of oxime groups is 1. The van der Waals surface area contributed by atoms with Crippen LogP contribution in [0, 0.1) is 0 Å². The molecule has 0 saturated heterocycles. The molecule has 0 aliphatic heterocycles. The highest BCUT2D eigenvalue weighted by atomic mass is 35.5. The van der Waals surface area contributed by atoms with Gasteiger partial charge in [0.05, 0.1) is 6.21 Å². The quantitative estimate of drug-likeness (QED) is 0.187. The lowest BCUT2D eigenvalue weighted by Crippen LogP contribution is -2.23. The van der Waals surface area contributed by atoms with Gasteiger partial charge in [0.1, 0.15) is 18.6 Å². The SMILES string of the molecule is CCCCc1nc(Cl)c(/C=N\OC)n1Cc1ccc(-c2ccccc2/C(N)=N/NN)cc1. The third kappa shape index (κ3) is 5.46. The summed E-state index contributed by atoms with van der Waals surface area (Å²) in [4.78, 5) is 9.40. The number of hydrogen-bond acceptors (Lipinski definition) is 6. The Morgan fingerprint density at radius 1 is 1.22 bits per heavy atom. The number of rotatable bonds is 10. The smallest absolute Gasteiger partial charge is 0.156 e. The minimum absolute atomic E-state index is 0.322. The molecule has 0 bridgehead atoms. The van der Waals surface area contributed by atoms with Gasteiger partial charge < -0.3 is 15.1 Å². The third-order valence-corrected chi connectivity index (χ3v) is 5.35. The lowest BCUT2D eigenvalue weighted by atomic mass is 9.98. The van der Waals surface area contributed by atoms with Crippen LogP contribution >= 0.6 is 11.6 Å². The number of aromatic nitrogens is 2. The van der Waals surface area contributed by atoms with Gasteiger partial charge in [-0.25, -0.2) is 16.4 Å². The average molecular weight is 454 g/mol. The van der Waals surface area contributed by atoms with Crippen molar-refractivity contribution in [3.8, 4) is 11.1 Å². The number of hydrazine groups is 1. The molecular formula is C23H28ClN7O. The highest BCUT2D eigenvalue weighted by Gasteiger charge is 2.15. The fourth-order valence-electron chi connectivity index (χ4n) is 3.47. The Hall–Kier alpha value is -3.36. The highest BCUT2D eigenvalue weighted by molar-refractivity contribution is 6.31. The van der Waals surface area contributed by atoms with Crippen LogP contribution in [0.5, 0.6) is 0 Å². The first-order valence-corrected chi connectivity index (χ1v) is 10.8. The number of nitrogens with one attached hydrogen (secondary N) is 1. The molecular weight excluding hydrogens is 426 g/mol. The van der Waals surface area contributed by atoms with Gasteiger partial charge in [-0.1, -0.05) is 78.6 Å². The maximum absolute atomic E-state index is 6.39. The Kier molecular flexibility index (Phi) is 8.24. The van der Waals surface area contributed by atoms with Crippen LogP contribution in [-0.4, -0.2) is 28.7 Å². The lowest BCUT2D eigenvalue weighted by molar-refractivity contribution is 0.215. The van der Waals surface area contributed by atoms with Gasteiger partial charge in [0.15, 0.2) is 11.0 Å². The van der Waals surface area contributed by atoms with E-state index in [9.17, 15) is 0 Å². The minimum atomic E-state index is 0.322. The standard InChI is InChI=1S/C23H28ClN7O/c1-3-4-9-21-28-22(24)20(14-27-32-2)31(21)15-16-10-12-17(13-11-16)18-7-5-6-8-19(18)23(25)29-30-26/h5-8,10-14,30H,3-4,9,15,26H2,1-2H3,(H2,25,29)/b27-14-. The lowest BCUT2D eigenvalue weighted by Gasteiger charge is -2.12. The van der Waals surface area contributed by atoms with E-state index in [0.717, 1.165) is 53.0 Å². The first kappa shape index (κ1) is 23.3. The summed E-state index contributed by atoms with van der Waals surface area (Å²) in [6, 6.07) is 16.1. The van der Waals surface area contributed by atoms with E-state index < -0.39 is 0 Å². The predicted molar refractivity (Wildman–Crippen MR) is 129 cm³/mol. The monoisotopic (exact) mass is 453 g/mol. The molecule has 2 aromatic carbocycles. The van der Waals surface area contributed by atoms with Crippen molar-refractivity contribution in [2.45, 2.75) is 32.7 Å². The maximum atomic E-state index is 6.39. The molecule has 32 heavy (non-hydrogen) atoms. The van der Waals surface area contributed by atoms with Crippen LogP contribution < -0.4 is 17.1 Å². The molecule has 168 valence electrons. The van der Waals surface area contributed by atoms with Gasteiger partial charge in [0, 0.05) is 18.5 Å². The fraction of sp³-hybridized carbons (Fsp3) is 0.261. The van der Waals surface area contributed by atoms with Gasteiger partial charge in [-0.15, -0.1) is 5.10 Å². The van der Waals surface area contributed by atoms with Crippen molar-refractivity contribution in [3.63, 3.8) is 0 Å². The molecule has 0 amide bonds. The summed E-state index contributed by atoms with van der Waals surface area (Å²) >= 11 is 6.39. The number of unbranched alkanes of at least 4 members (excludes halogenated alkanes) is 1. The predicted octanol–water partition coefficient (Wildman–Crippen LogP) is 3.66. The summed E-state index contributed by atoms with van der Waals surface area (Å²) in [5.74, 6) is 6.54. The zero-order chi connectivity index (χ0) is 22.9. The fourth-order valence-corrected chi connectivity index (χ4v) is 3.72. The van der Waals surface area contributed by atoms with E-state index in [-0.39, 0.29) is 0 Å². The van der Waals surface area contributed by atoms with E-state index in [2.05, 4.69) is 56.5 Å². The van der Waals surface area contributed by atoms with Gasteiger partial charge in [-0.05, 0) is 23.1 Å². The molecule has 0 fully saturated rings. The first-order chi connectivity index (χ1) is 15.6.